The van der Waals surface area contributed by atoms with Crippen molar-refractivity contribution in [3.8, 4) is 5.75 Å². The second kappa shape index (κ2) is 5.07. The molecule has 0 bridgehead atoms. The van der Waals surface area contributed by atoms with Gasteiger partial charge in [0.25, 0.3) is 0 Å². The minimum absolute atomic E-state index is 0.0138. The van der Waals surface area contributed by atoms with Crippen LogP contribution >= 0.6 is 11.6 Å². The maximum atomic E-state index is 12.0. The molecule has 0 amide bonds. The molecule has 0 saturated carbocycles. The molecule has 0 unspecified atom stereocenters. The van der Waals surface area contributed by atoms with Gasteiger partial charge in [0.15, 0.2) is 5.75 Å². The van der Waals surface area contributed by atoms with Gasteiger partial charge in [0.05, 0.1) is 5.88 Å². The Morgan fingerprint density at radius 1 is 1.38 bits per heavy atom. The molecule has 0 aliphatic heterocycles. The Morgan fingerprint density at radius 2 is 2.00 bits per heavy atom. The van der Waals surface area contributed by atoms with E-state index in [1.165, 1.54) is 18.2 Å². The first-order chi connectivity index (χ1) is 7.42. The second-order valence-corrected chi connectivity index (χ2v) is 3.02. The number of amidine groups is 1. The van der Waals surface area contributed by atoms with Crippen LogP contribution in [0.1, 0.15) is 0 Å². The molecular weight excluding hydrogens is 245 g/mol. The van der Waals surface area contributed by atoms with Crippen molar-refractivity contribution in [3.05, 3.63) is 24.3 Å². The van der Waals surface area contributed by atoms with Crippen molar-refractivity contribution in [1.29, 1.82) is 0 Å². The summed E-state index contributed by atoms with van der Waals surface area (Å²) >= 11 is 5.37. The van der Waals surface area contributed by atoms with Crippen molar-refractivity contribution in [2.24, 2.45) is 10.7 Å². The van der Waals surface area contributed by atoms with Gasteiger partial charge in [0.2, 0.25) is 0 Å². The topological polar surface area (TPSA) is 47.6 Å². The highest BCUT2D eigenvalue weighted by Gasteiger charge is 2.32. The van der Waals surface area contributed by atoms with E-state index in [1.807, 2.05) is 0 Å². The molecule has 0 heterocycles. The second-order valence-electron chi connectivity index (χ2n) is 2.75. The quantitative estimate of drug-likeness (QED) is 0.511. The lowest BCUT2D eigenvalue weighted by atomic mass is 10.3. The normalized spacial score (nSPS) is 12.6. The number of hydrogen-bond donors (Lipinski definition) is 1. The molecule has 1 aromatic rings. The predicted octanol–water partition coefficient (Wildman–Crippen LogP) is 2.81. The number of rotatable bonds is 3. The summed E-state index contributed by atoms with van der Waals surface area (Å²) in [5.74, 6) is -0.469. The van der Waals surface area contributed by atoms with Crippen LogP contribution in [-0.2, 0) is 0 Å². The molecule has 0 fully saturated rings. The Hall–Kier alpha value is -1.43. The first-order valence-corrected chi connectivity index (χ1v) is 4.69. The number of nitrogens with two attached hydrogens (primary N) is 1. The fraction of sp³-hybridized carbons (Fsp3) is 0.222. The number of aliphatic imine (C=N–C) groups is 1. The van der Waals surface area contributed by atoms with Crippen LogP contribution in [-0.4, -0.2) is 18.1 Å². The van der Waals surface area contributed by atoms with Gasteiger partial charge in [0.1, 0.15) is 11.5 Å². The molecule has 2 N–H and O–H groups in total. The molecular formula is C9H8ClF3N2O. The van der Waals surface area contributed by atoms with Gasteiger partial charge < -0.3 is 10.5 Å². The van der Waals surface area contributed by atoms with Gasteiger partial charge >= 0.3 is 6.36 Å². The lowest BCUT2D eigenvalue weighted by molar-refractivity contribution is -0.274. The van der Waals surface area contributed by atoms with Crippen molar-refractivity contribution in [2.45, 2.75) is 6.36 Å². The van der Waals surface area contributed by atoms with Crippen molar-refractivity contribution in [1.82, 2.24) is 0 Å². The van der Waals surface area contributed by atoms with E-state index in [-0.39, 0.29) is 17.4 Å². The maximum absolute atomic E-state index is 12.0. The molecule has 0 atom stereocenters. The summed E-state index contributed by atoms with van der Waals surface area (Å²) in [4.78, 5) is 3.70. The molecule has 0 aliphatic carbocycles. The van der Waals surface area contributed by atoms with E-state index >= 15 is 0 Å². The van der Waals surface area contributed by atoms with Crippen LogP contribution in [0.4, 0.5) is 18.9 Å². The van der Waals surface area contributed by atoms with E-state index in [4.69, 9.17) is 17.3 Å². The van der Waals surface area contributed by atoms with Gasteiger partial charge in [-0.2, -0.15) is 0 Å². The van der Waals surface area contributed by atoms with E-state index in [0.29, 0.717) is 0 Å². The van der Waals surface area contributed by atoms with Gasteiger partial charge in [-0.15, -0.1) is 24.8 Å². The van der Waals surface area contributed by atoms with E-state index in [0.717, 1.165) is 6.07 Å². The third-order valence-corrected chi connectivity index (χ3v) is 1.77. The molecule has 7 heteroatoms. The first-order valence-electron chi connectivity index (χ1n) is 4.16. The summed E-state index contributed by atoms with van der Waals surface area (Å²) in [7, 11) is 0. The van der Waals surface area contributed by atoms with Crippen LogP contribution in [0.5, 0.6) is 5.75 Å². The Balaban J connectivity index is 3.01. The zero-order chi connectivity index (χ0) is 12.2. The van der Waals surface area contributed by atoms with Gasteiger partial charge in [-0.25, -0.2) is 4.99 Å². The summed E-state index contributed by atoms with van der Waals surface area (Å²) in [6.07, 6.45) is -4.76. The van der Waals surface area contributed by atoms with E-state index in [2.05, 4.69) is 9.73 Å². The SMILES string of the molecule is NC(CCl)=Nc1ccccc1OC(F)(F)F. The van der Waals surface area contributed by atoms with Crippen LogP contribution in [0.25, 0.3) is 0 Å². The van der Waals surface area contributed by atoms with Crippen molar-refractivity contribution < 1.29 is 17.9 Å². The van der Waals surface area contributed by atoms with Gasteiger partial charge in [0, 0.05) is 0 Å². The largest absolute Gasteiger partial charge is 0.573 e. The Labute approximate surface area is 94.7 Å². The van der Waals surface area contributed by atoms with Crippen LogP contribution in [0.15, 0.2) is 29.3 Å². The smallest absolute Gasteiger partial charge is 0.403 e. The van der Waals surface area contributed by atoms with E-state index in [9.17, 15) is 13.2 Å². The Morgan fingerprint density at radius 3 is 2.56 bits per heavy atom. The number of ether oxygens (including phenoxy) is 1. The molecule has 0 aliphatic rings. The monoisotopic (exact) mass is 252 g/mol. The average Bonchev–Trinajstić information content (AvgIpc) is 2.18. The molecule has 0 radical (unpaired) electrons. The number of alkyl halides is 4. The predicted molar refractivity (Wildman–Crippen MR) is 55.1 cm³/mol. The third kappa shape index (κ3) is 3.98. The standard InChI is InChI=1S/C9H8ClF3N2O/c10-5-8(14)15-6-3-1-2-4-7(6)16-9(11,12)13/h1-4H,5H2,(H2,14,15). The molecule has 1 aromatic carbocycles. The maximum Gasteiger partial charge on any atom is 0.573 e. The van der Waals surface area contributed by atoms with Crippen molar-refractivity contribution in [2.75, 3.05) is 5.88 Å². The summed E-state index contributed by atoms with van der Waals surface area (Å²) in [5, 5.41) is 0. The average molecular weight is 253 g/mol. The highest BCUT2D eigenvalue weighted by Crippen LogP contribution is 2.31. The molecule has 0 saturated heterocycles. The lowest BCUT2D eigenvalue weighted by Gasteiger charge is -2.10. The summed E-state index contributed by atoms with van der Waals surface area (Å²) in [6.45, 7) is 0. The Bertz CT molecular complexity index is 393. The van der Waals surface area contributed by atoms with Gasteiger partial charge in [-0.1, -0.05) is 12.1 Å². The third-order valence-electron chi connectivity index (χ3n) is 1.49. The number of halogens is 4. The van der Waals surface area contributed by atoms with Crippen LogP contribution in [0.2, 0.25) is 0 Å². The summed E-state index contributed by atoms with van der Waals surface area (Å²) in [5.41, 5.74) is 5.30. The summed E-state index contributed by atoms with van der Waals surface area (Å²) < 4.78 is 39.8. The number of nitrogens with zero attached hydrogens (tertiary/aromatic N) is 1. The highest BCUT2D eigenvalue weighted by molar-refractivity contribution is 6.28. The molecule has 0 spiro atoms. The molecule has 88 valence electrons. The summed E-state index contributed by atoms with van der Waals surface area (Å²) in [6, 6.07) is 5.41. The fourth-order valence-corrected chi connectivity index (χ4v) is 1.00. The highest BCUT2D eigenvalue weighted by atomic mass is 35.5. The minimum Gasteiger partial charge on any atom is -0.403 e. The van der Waals surface area contributed by atoms with E-state index in [1.54, 1.807) is 0 Å². The first kappa shape index (κ1) is 12.6. The zero-order valence-electron chi connectivity index (χ0n) is 7.96. The van der Waals surface area contributed by atoms with E-state index < -0.39 is 12.1 Å². The molecule has 1 rings (SSSR count). The molecule has 0 aromatic heterocycles. The molecule has 16 heavy (non-hydrogen) atoms. The van der Waals surface area contributed by atoms with Crippen molar-refractivity contribution in [3.63, 3.8) is 0 Å². The van der Waals surface area contributed by atoms with Crippen LogP contribution < -0.4 is 10.5 Å². The minimum atomic E-state index is -4.76. The zero-order valence-corrected chi connectivity index (χ0v) is 8.72. The van der Waals surface area contributed by atoms with Gasteiger partial charge in [-0.05, 0) is 12.1 Å². The number of benzene rings is 1. The van der Waals surface area contributed by atoms with Gasteiger partial charge in [-0.3, -0.25) is 0 Å². The number of para-hydroxylation sites is 2. The van der Waals surface area contributed by atoms with Crippen molar-refractivity contribution >= 4 is 23.1 Å². The lowest BCUT2D eigenvalue weighted by Crippen LogP contribution is -2.17. The van der Waals surface area contributed by atoms with Crippen LogP contribution in [0, 0.1) is 0 Å². The number of hydrogen-bond acceptors (Lipinski definition) is 2. The molecule has 3 nitrogen and oxygen atoms in total. The van der Waals surface area contributed by atoms with Crippen LogP contribution in [0.3, 0.4) is 0 Å². The Kier molecular flexibility index (Phi) is 4.00. The fourth-order valence-electron chi connectivity index (χ4n) is 0.945.